The Labute approximate surface area is 543 Å². The average Bonchev–Trinajstić information content (AvgIpc) is 3.57. The lowest BCUT2D eigenvalue weighted by Gasteiger charge is -2.21. The quantitative estimate of drug-likeness (QED) is 0.0222. The number of ether oxygens (including phenoxy) is 4. The summed E-state index contributed by atoms with van der Waals surface area (Å²) in [6.07, 6.45) is 44.9. The molecule has 0 amide bonds. The van der Waals surface area contributed by atoms with Gasteiger partial charge in [-0.25, -0.2) is 9.13 Å². The average molecular weight is 1310 g/mol. The topological polar surface area (TPSA) is 237 Å². The lowest BCUT2D eigenvalue weighted by Crippen LogP contribution is -2.30. The molecule has 0 saturated carbocycles. The summed E-state index contributed by atoms with van der Waals surface area (Å²) < 4.78 is 68.1. The van der Waals surface area contributed by atoms with Gasteiger partial charge in [-0.3, -0.25) is 37.3 Å². The van der Waals surface area contributed by atoms with Crippen LogP contribution >= 0.6 is 15.6 Å². The van der Waals surface area contributed by atoms with Crippen molar-refractivity contribution < 1.29 is 80.2 Å². The molecule has 0 rings (SSSR count). The van der Waals surface area contributed by atoms with Crippen LogP contribution in [0, 0.1) is 17.8 Å². The van der Waals surface area contributed by atoms with E-state index in [0.717, 1.165) is 115 Å². The molecule has 0 bridgehead atoms. The van der Waals surface area contributed by atoms with Gasteiger partial charge in [-0.2, -0.15) is 0 Å². The van der Waals surface area contributed by atoms with E-state index in [2.05, 4.69) is 48.5 Å². The number of esters is 4. The van der Waals surface area contributed by atoms with Crippen LogP contribution in [0.5, 0.6) is 0 Å². The Morgan fingerprint density at radius 1 is 0.303 bits per heavy atom. The first kappa shape index (κ1) is 87.1. The molecular weight excluding hydrogens is 1170 g/mol. The molecule has 0 aliphatic heterocycles. The van der Waals surface area contributed by atoms with Crippen LogP contribution < -0.4 is 0 Å². The third-order valence-electron chi connectivity index (χ3n) is 16.1. The second-order valence-electron chi connectivity index (χ2n) is 26.7. The zero-order valence-electron chi connectivity index (χ0n) is 57.9. The van der Waals surface area contributed by atoms with Gasteiger partial charge in [-0.1, -0.05) is 299 Å². The van der Waals surface area contributed by atoms with Gasteiger partial charge >= 0.3 is 39.5 Å². The molecule has 0 aliphatic carbocycles. The fourth-order valence-corrected chi connectivity index (χ4v) is 12.1. The van der Waals surface area contributed by atoms with Crippen LogP contribution in [0.1, 0.15) is 350 Å². The highest BCUT2D eigenvalue weighted by atomic mass is 31.2. The molecule has 5 atom stereocenters. The summed E-state index contributed by atoms with van der Waals surface area (Å²) in [5.41, 5.74) is 0. The van der Waals surface area contributed by atoms with Crippen LogP contribution in [0.2, 0.25) is 0 Å². The van der Waals surface area contributed by atoms with Gasteiger partial charge in [0, 0.05) is 25.7 Å². The van der Waals surface area contributed by atoms with Crippen LogP contribution in [0.25, 0.3) is 0 Å². The smallest absolute Gasteiger partial charge is 0.462 e. The summed E-state index contributed by atoms with van der Waals surface area (Å²) in [4.78, 5) is 72.3. The minimum absolute atomic E-state index is 0.103. The van der Waals surface area contributed by atoms with Gasteiger partial charge in [-0.15, -0.1) is 0 Å². The SMILES string of the molecule is CCCCCCCCCC(=O)OC[C@H](COP(=O)(O)OC[C@H](O)COP(=O)(O)OC[C@@H](COC(=O)CCCCCCCCCCC(C)C)OC(=O)CCCCCCCCCCCCCCCCCCCCC(C)C)OC(=O)CCCCCCCCCC(C)C. The maximum absolute atomic E-state index is 13.0. The number of aliphatic hydroxyl groups excluding tert-OH is 1. The molecule has 0 aromatic heterocycles. The van der Waals surface area contributed by atoms with Crippen LogP contribution in [0.15, 0.2) is 0 Å². The Balaban J connectivity index is 5.13. The molecule has 19 heteroatoms. The van der Waals surface area contributed by atoms with Gasteiger partial charge in [0.15, 0.2) is 12.2 Å². The second-order valence-corrected chi connectivity index (χ2v) is 29.6. The van der Waals surface area contributed by atoms with Crippen molar-refractivity contribution in [1.82, 2.24) is 0 Å². The molecule has 89 heavy (non-hydrogen) atoms. The van der Waals surface area contributed by atoms with Gasteiger partial charge in [-0.05, 0) is 43.4 Å². The molecule has 17 nitrogen and oxygen atoms in total. The summed E-state index contributed by atoms with van der Waals surface area (Å²) in [6.45, 7) is 11.7. The Bertz CT molecular complexity index is 1750. The highest BCUT2D eigenvalue weighted by Crippen LogP contribution is 2.45. The Morgan fingerprint density at radius 3 is 0.764 bits per heavy atom. The lowest BCUT2D eigenvalue weighted by atomic mass is 10.0. The molecule has 0 aromatic rings. The number of aliphatic hydroxyl groups is 1. The number of hydrogen-bond acceptors (Lipinski definition) is 15. The van der Waals surface area contributed by atoms with Crippen molar-refractivity contribution in [1.29, 1.82) is 0 Å². The van der Waals surface area contributed by atoms with Crippen LogP contribution in [-0.4, -0.2) is 96.7 Å². The molecular formula is C70H136O17P2. The standard InChI is InChI=1S/C70H136O17P2/c1-8-9-10-11-27-37-44-51-67(72)80-57-65(87-70(75)54-47-40-33-26-30-36-43-50-63(6)7)59-84-88(76,77)82-55-64(71)56-83-89(78,79)85-60-66(58-81-68(73)52-45-38-31-25-24-29-35-42-49-62(4)5)86-69(74)53-46-39-32-23-21-19-17-15-13-12-14-16-18-20-22-28-34-41-48-61(2)3/h61-66,71H,8-60H2,1-7H3,(H,76,77)(H,78,79)/t64-,65+,66+/m0/s1. The van der Waals surface area contributed by atoms with Crippen LogP contribution in [0.4, 0.5) is 0 Å². The highest BCUT2D eigenvalue weighted by Gasteiger charge is 2.30. The first-order valence-corrected chi connectivity index (χ1v) is 39.3. The van der Waals surface area contributed by atoms with E-state index in [1.54, 1.807) is 0 Å². The maximum atomic E-state index is 13.0. The molecule has 0 heterocycles. The van der Waals surface area contributed by atoms with E-state index in [1.165, 1.54) is 148 Å². The first-order chi connectivity index (χ1) is 42.7. The predicted octanol–water partition coefficient (Wildman–Crippen LogP) is 19.8. The van der Waals surface area contributed by atoms with Gasteiger partial charge in [0.2, 0.25) is 0 Å². The van der Waals surface area contributed by atoms with Gasteiger partial charge < -0.3 is 33.8 Å². The number of carbonyl (C=O) groups excluding carboxylic acids is 4. The summed E-state index contributed by atoms with van der Waals surface area (Å²) in [5.74, 6) is 0.108. The maximum Gasteiger partial charge on any atom is 0.472 e. The molecule has 0 radical (unpaired) electrons. The van der Waals surface area contributed by atoms with Gasteiger partial charge in [0.1, 0.15) is 19.3 Å². The van der Waals surface area contributed by atoms with Crippen molar-refractivity contribution in [2.24, 2.45) is 17.8 Å². The highest BCUT2D eigenvalue weighted by molar-refractivity contribution is 7.47. The molecule has 3 N–H and O–H groups in total. The fraction of sp³-hybridized carbons (Fsp3) is 0.943. The van der Waals surface area contributed by atoms with Crippen molar-refractivity contribution in [2.45, 2.75) is 369 Å². The predicted molar refractivity (Wildman–Crippen MR) is 358 cm³/mol. The number of phosphoric acid groups is 2. The largest absolute Gasteiger partial charge is 0.472 e. The van der Waals surface area contributed by atoms with Crippen molar-refractivity contribution in [2.75, 3.05) is 39.6 Å². The second kappa shape index (κ2) is 61.0. The summed E-state index contributed by atoms with van der Waals surface area (Å²) in [5, 5.41) is 10.6. The molecule has 0 saturated heterocycles. The summed E-state index contributed by atoms with van der Waals surface area (Å²) >= 11 is 0. The van der Waals surface area contributed by atoms with Crippen LogP contribution in [0.3, 0.4) is 0 Å². The Hall–Kier alpha value is -1.94. The van der Waals surface area contributed by atoms with E-state index in [9.17, 15) is 43.2 Å². The number of unbranched alkanes of at least 4 members (excludes halogenated alkanes) is 36. The van der Waals surface area contributed by atoms with E-state index < -0.39 is 97.5 Å². The van der Waals surface area contributed by atoms with E-state index in [-0.39, 0.29) is 25.7 Å². The zero-order chi connectivity index (χ0) is 65.9. The zero-order valence-corrected chi connectivity index (χ0v) is 59.7. The number of phosphoric ester groups is 2. The first-order valence-electron chi connectivity index (χ1n) is 36.3. The normalized spacial score (nSPS) is 14.2. The van der Waals surface area contributed by atoms with Gasteiger partial charge in [0.05, 0.1) is 26.4 Å². The van der Waals surface area contributed by atoms with E-state index in [1.807, 2.05) is 0 Å². The lowest BCUT2D eigenvalue weighted by molar-refractivity contribution is -0.161. The molecule has 0 fully saturated rings. The molecule has 0 aliphatic rings. The van der Waals surface area contributed by atoms with Crippen molar-refractivity contribution in [3.8, 4) is 0 Å². The molecule has 0 spiro atoms. The van der Waals surface area contributed by atoms with Gasteiger partial charge in [0.25, 0.3) is 0 Å². The number of rotatable bonds is 68. The minimum Gasteiger partial charge on any atom is -0.462 e. The van der Waals surface area contributed by atoms with E-state index in [4.69, 9.17) is 37.0 Å². The summed E-state index contributed by atoms with van der Waals surface area (Å²) in [7, 11) is -9.89. The Morgan fingerprint density at radius 2 is 0.517 bits per heavy atom. The minimum atomic E-state index is -4.95. The summed E-state index contributed by atoms with van der Waals surface area (Å²) in [6, 6.07) is 0. The van der Waals surface area contributed by atoms with Crippen LogP contribution in [-0.2, 0) is 65.4 Å². The fourth-order valence-electron chi connectivity index (χ4n) is 10.5. The molecule has 0 aromatic carbocycles. The molecule has 2 unspecified atom stereocenters. The Kier molecular flexibility index (Phi) is 59.6. The third kappa shape index (κ3) is 64.6. The monoisotopic (exact) mass is 1310 g/mol. The van der Waals surface area contributed by atoms with Crippen molar-refractivity contribution in [3.63, 3.8) is 0 Å². The van der Waals surface area contributed by atoms with E-state index >= 15 is 0 Å². The number of hydrogen-bond donors (Lipinski definition) is 3. The van der Waals surface area contributed by atoms with Crippen molar-refractivity contribution >= 4 is 39.5 Å². The van der Waals surface area contributed by atoms with E-state index in [0.29, 0.717) is 31.6 Å². The van der Waals surface area contributed by atoms with Crippen molar-refractivity contribution in [3.05, 3.63) is 0 Å². The third-order valence-corrected chi connectivity index (χ3v) is 18.0. The molecule has 528 valence electrons. The number of carbonyl (C=O) groups is 4.